The number of benzene rings is 3. The van der Waals surface area contributed by atoms with Crippen molar-refractivity contribution in [2.45, 2.75) is 61.5 Å². The molecule has 1 aliphatic carbocycles. The van der Waals surface area contributed by atoms with Crippen molar-refractivity contribution in [1.82, 2.24) is 4.72 Å². The second kappa shape index (κ2) is 14.1. The maximum atomic E-state index is 15.2. The number of fused-ring (bicyclic) bond motifs is 1. The first-order valence-electron chi connectivity index (χ1n) is 14.6. The number of aryl methyl sites for hydroxylation is 1. The minimum absolute atomic E-state index is 0.0497. The van der Waals surface area contributed by atoms with E-state index in [1.165, 1.54) is 67.8 Å². The SMILES string of the molecule is CCCCOP(=O)(OCCCC)C1(NS(=O)(=O)c2ccc(OC)cc2)C=C(S(=O)(=O)c2ccc(C)cc2)C(=O)c2ccccc21. The van der Waals surface area contributed by atoms with Crippen LogP contribution in [-0.2, 0) is 38.8 Å². The first-order chi connectivity index (χ1) is 21.3. The standard InChI is InChI=1S/C32H38NO9PS2/c1-5-7-21-41-43(35,42-22-8-6-2)32(33-45(38,39)27-19-15-25(40-4)16-20-27)23-30(31(34)28-11-9-10-12-29(28)32)44(36,37)26-17-13-24(3)14-18-26/h9-20,23,33H,5-8,21-22H2,1-4H3. The monoisotopic (exact) mass is 675 g/mol. The van der Waals surface area contributed by atoms with E-state index in [0.717, 1.165) is 11.6 Å². The van der Waals surface area contributed by atoms with Gasteiger partial charge in [-0.15, -0.1) is 0 Å². The van der Waals surface area contributed by atoms with Crippen LogP contribution in [0.5, 0.6) is 5.75 Å². The van der Waals surface area contributed by atoms with Gasteiger partial charge in [0.15, 0.2) is 5.28 Å². The highest BCUT2D eigenvalue weighted by Crippen LogP contribution is 2.67. The van der Waals surface area contributed by atoms with Gasteiger partial charge >= 0.3 is 7.60 Å². The molecule has 1 aliphatic rings. The van der Waals surface area contributed by atoms with Gasteiger partial charge < -0.3 is 13.8 Å². The highest BCUT2D eigenvalue weighted by molar-refractivity contribution is 7.96. The molecule has 0 radical (unpaired) electrons. The highest BCUT2D eigenvalue weighted by Gasteiger charge is 2.58. The summed E-state index contributed by atoms with van der Waals surface area (Å²) in [5.41, 5.74) is 0.593. The number of sulfone groups is 1. The van der Waals surface area contributed by atoms with Gasteiger partial charge in [0, 0.05) is 11.1 Å². The predicted octanol–water partition coefficient (Wildman–Crippen LogP) is 6.52. The van der Waals surface area contributed by atoms with Crippen molar-refractivity contribution in [1.29, 1.82) is 0 Å². The van der Waals surface area contributed by atoms with Gasteiger partial charge in [0.2, 0.25) is 25.6 Å². The minimum Gasteiger partial charge on any atom is -0.497 e. The summed E-state index contributed by atoms with van der Waals surface area (Å²) in [5, 5.41) is -2.44. The second-order valence-corrected chi connectivity index (χ2v) is 16.4. The molecule has 0 heterocycles. The Kier molecular flexibility index (Phi) is 10.9. The van der Waals surface area contributed by atoms with Crippen LogP contribution in [0.1, 0.15) is 61.0 Å². The van der Waals surface area contributed by atoms with Crippen molar-refractivity contribution in [3.8, 4) is 5.75 Å². The topological polar surface area (TPSA) is 142 Å². The molecule has 242 valence electrons. The third kappa shape index (κ3) is 7.01. The molecule has 10 nitrogen and oxygen atoms in total. The smallest absolute Gasteiger partial charge is 0.360 e. The predicted molar refractivity (Wildman–Crippen MR) is 172 cm³/mol. The summed E-state index contributed by atoms with van der Waals surface area (Å²) in [4.78, 5) is 12.8. The third-order valence-corrected chi connectivity index (χ3v) is 13.2. The number of unbranched alkanes of at least 4 members (excludes halogenated alkanes) is 2. The molecule has 1 N–H and O–H groups in total. The van der Waals surface area contributed by atoms with E-state index in [1.54, 1.807) is 19.1 Å². The first-order valence-corrected chi connectivity index (χ1v) is 19.1. The fourth-order valence-corrected chi connectivity index (χ4v) is 10.3. The second-order valence-electron chi connectivity index (χ2n) is 10.6. The Morgan fingerprint density at radius 2 is 1.36 bits per heavy atom. The van der Waals surface area contributed by atoms with Crippen LogP contribution in [0.4, 0.5) is 0 Å². The lowest BCUT2D eigenvalue weighted by Gasteiger charge is -2.40. The number of ether oxygens (including phenoxy) is 1. The number of Topliss-reactive ketones (excluding diaryl/α,β-unsaturated/α-hetero) is 1. The van der Waals surface area contributed by atoms with Crippen LogP contribution in [-0.4, -0.2) is 42.9 Å². The van der Waals surface area contributed by atoms with Crippen molar-refractivity contribution in [2.24, 2.45) is 0 Å². The molecular weight excluding hydrogens is 637 g/mol. The van der Waals surface area contributed by atoms with E-state index in [0.29, 0.717) is 31.4 Å². The van der Waals surface area contributed by atoms with E-state index in [-0.39, 0.29) is 34.1 Å². The van der Waals surface area contributed by atoms with Gasteiger partial charge in [-0.2, -0.15) is 4.72 Å². The molecule has 13 heteroatoms. The molecule has 4 rings (SSSR count). The molecule has 0 spiro atoms. The number of carbonyl (C=O) groups excluding carboxylic acids is 1. The maximum Gasteiger partial charge on any atom is 0.360 e. The van der Waals surface area contributed by atoms with Crippen LogP contribution in [0.3, 0.4) is 0 Å². The normalized spacial score (nSPS) is 17.1. The summed E-state index contributed by atoms with van der Waals surface area (Å²) in [6.45, 7) is 5.43. The van der Waals surface area contributed by atoms with Gasteiger partial charge in [-0.3, -0.25) is 9.36 Å². The van der Waals surface area contributed by atoms with Gasteiger partial charge in [-0.25, -0.2) is 16.8 Å². The van der Waals surface area contributed by atoms with E-state index >= 15 is 4.57 Å². The zero-order chi connectivity index (χ0) is 32.9. The minimum atomic E-state index is -4.69. The summed E-state index contributed by atoms with van der Waals surface area (Å²) in [7, 11) is -12.4. The molecule has 0 aromatic heterocycles. The molecule has 0 saturated carbocycles. The summed E-state index contributed by atoms with van der Waals surface area (Å²) >= 11 is 0. The van der Waals surface area contributed by atoms with Crippen molar-refractivity contribution in [3.05, 3.63) is 100 Å². The number of methoxy groups -OCH3 is 1. The molecular formula is C32H38NO9PS2. The van der Waals surface area contributed by atoms with Gasteiger partial charge in [-0.1, -0.05) is 68.7 Å². The molecule has 3 aromatic rings. The van der Waals surface area contributed by atoms with Crippen LogP contribution in [0.2, 0.25) is 0 Å². The Labute approximate surface area is 265 Å². The van der Waals surface area contributed by atoms with Crippen LogP contribution < -0.4 is 9.46 Å². The lowest BCUT2D eigenvalue weighted by Crippen LogP contribution is -2.48. The van der Waals surface area contributed by atoms with E-state index in [2.05, 4.69) is 4.72 Å². The van der Waals surface area contributed by atoms with Gasteiger partial charge in [0.05, 0.1) is 30.1 Å². The van der Waals surface area contributed by atoms with E-state index < -0.39 is 43.4 Å². The van der Waals surface area contributed by atoms with E-state index in [1.807, 2.05) is 13.8 Å². The molecule has 0 saturated heterocycles. The highest BCUT2D eigenvalue weighted by atomic mass is 32.2. The number of nitrogens with one attached hydrogen (secondary N) is 1. The number of hydrogen-bond acceptors (Lipinski definition) is 9. The largest absolute Gasteiger partial charge is 0.497 e. The Balaban J connectivity index is 2.07. The van der Waals surface area contributed by atoms with Crippen molar-refractivity contribution >= 4 is 33.2 Å². The van der Waals surface area contributed by atoms with Crippen LogP contribution in [0.15, 0.2) is 93.6 Å². The van der Waals surface area contributed by atoms with Crippen LogP contribution in [0.25, 0.3) is 0 Å². The zero-order valence-corrected chi connectivity index (χ0v) is 28.2. The van der Waals surface area contributed by atoms with Gasteiger partial charge in [-0.05, 0) is 62.2 Å². The van der Waals surface area contributed by atoms with Crippen LogP contribution >= 0.6 is 7.60 Å². The lowest BCUT2D eigenvalue weighted by atomic mass is 9.92. The van der Waals surface area contributed by atoms with Gasteiger partial charge in [0.1, 0.15) is 10.7 Å². The Hall–Kier alpha value is -3.12. The first kappa shape index (κ1) is 34.7. The molecule has 1 atom stereocenters. The quantitative estimate of drug-likeness (QED) is 0.141. The summed E-state index contributed by atoms with van der Waals surface area (Å²) < 4.78 is 91.3. The maximum absolute atomic E-state index is 15.2. The Morgan fingerprint density at radius 1 is 0.800 bits per heavy atom. The van der Waals surface area contributed by atoms with Crippen molar-refractivity contribution in [2.75, 3.05) is 20.3 Å². The summed E-state index contributed by atoms with van der Waals surface area (Å²) in [5.74, 6) is -0.473. The number of rotatable bonds is 15. The average molecular weight is 676 g/mol. The molecule has 0 fully saturated rings. The third-order valence-electron chi connectivity index (χ3n) is 7.38. The fourth-order valence-electron chi connectivity index (χ4n) is 4.81. The van der Waals surface area contributed by atoms with Crippen molar-refractivity contribution < 1.29 is 40.0 Å². The zero-order valence-electron chi connectivity index (χ0n) is 25.7. The Bertz CT molecular complexity index is 1810. The average Bonchev–Trinajstić information content (AvgIpc) is 3.02. The molecule has 1 unspecified atom stereocenters. The molecule has 0 bridgehead atoms. The van der Waals surface area contributed by atoms with E-state index in [4.69, 9.17) is 13.8 Å². The number of ketones is 1. The molecule has 45 heavy (non-hydrogen) atoms. The van der Waals surface area contributed by atoms with Gasteiger partial charge in [0.25, 0.3) is 0 Å². The van der Waals surface area contributed by atoms with Crippen LogP contribution in [0, 0.1) is 6.92 Å². The number of sulfonamides is 1. The number of carbonyl (C=O) groups is 1. The molecule has 0 aliphatic heterocycles. The number of allylic oxidation sites excluding steroid dienone is 1. The Morgan fingerprint density at radius 3 is 1.91 bits per heavy atom. The fraction of sp³-hybridized carbons (Fsp3) is 0.344. The molecule has 3 aromatic carbocycles. The summed E-state index contributed by atoms with van der Waals surface area (Å²) in [6, 6.07) is 17.2. The molecule has 0 amide bonds. The lowest BCUT2D eigenvalue weighted by molar-refractivity contribution is 0.103. The number of hydrogen-bond donors (Lipinski definition) is 1. The summed E-state index contributed by atoms with van der Waals surface area (Å²) in [6.07, 6.45) is 3.16. The van der Waals surface area contributed by atoms with Crippen molar-refractivity contribution in [3.63, 3.8) is 0 Å². The van der Waals surface area contributed by atoms with E-state index in [9.17, 15) is 21.6 Å².